The van der Waals surface area contributed by atoms with E-state index in [-0.39, 0.29) is 0 Å². The van der Waals surface area contributed by atoms with E-state index >= 15 is 0 Å². The van der Waals surface area contributed by atoms with Crippen molar-refractivity contribution in [1.29, 1.82) is 0 Å². The Morgan fingerprint density at radius 3 is 2.46 bits per heavy atom. The lowest BCUT2D eigenvalue weighted by Gasteiger charge is -2.18. The van der Waals surface area contributed by atoms with Gasteiger partial charge in [0.2, 0.25) is 0 Å². The van der Waals surface area contributed by atoms with E-state index in [2.05, 4.69) is 37.9 Å². The van der Waals surface area contributed by atoms with E-state index in [9.17, 15) is 0 Å². The molecule has 1 nitrogen and oxygen atoms in total. The van der Waals surface area contributed by atoms with Crippen LogP contribution in [0.4, 0.5) is 0 Å². The highest BCUT2D eigenvalue weighted by Gasteiger charge is 2.10. The van der Waals surface area contributed by atoms with Gasteiger partial charge in [0.05, 0.1) is 0 Å². The molecule has 0 saturated heterocycles. The van der Waals surface area contributed by atoms with Crippen LogP contribution < -0.4 is 5.32 Å². The van der Waals surface area contributed by atoms with Gasteiger partial charge in [0, 0.05) is 6.42 Å². The normalized spacial score (nSPS) is 14.5. The molecule has 0 rings (SSSR count). The van der Waals surface area contributed by atoms with Crippen LogP contribution in [0.5, 0.6) is 0 Å². The van der Waals surface area contributed by atoms with Gasteiger partial charge in [-0.05, 0) is 38.3 Å². The van der Waals surface area contributed by atoms with E-state index in [4.69, 9.17) is 0 Å². The Balaban J connectivity index is 3.53. The standard InChI is InChI=1S/C12H23N/c1-5-7-8-9-11(3)12(4)10-13-6-2/h11-13H,6,8-10H2,1-4H3. The van der Waals surface area contributed by atoms with Gasteiger partial charge in [-0.15, -0.1) is 11.8 Å². The zero-order valence-electron chi connectivity index (χ0n) is 9.48. The molecule has 2 unspecified atom stereocenters. The first-order chi connectivity index (χ1) is 6.22. The third-order valence-electron chi connectivity index (χ3n) is 2.59. The van der Waals surface area contributed by atoms with Gasteiger partial charge in [-0.3, -0.25) is 0 Å². The van der Waals surface area contributed by atoms with Gasteiger partial charge in [0.1, 0.15) is 0 Å². The van der Waals surface area contributed by atoms with Crippen LogP contribution in [0.3, 0.4) is 0 Å². The molecule has 0 spiro atoms. The Bertz CT molecular complexity index is 164. The third-order valence-corrected chi connectivity index (χ3v) is 2.59. The maximum atomic E-state index is 3.38. The predicted molar refractivity (Wildman–Crippen MR) is 59.6 cm³/mol. The van der Waals surface area contributed by atoms with E-state index in [1.165, 1.54) is 6.42 Å². The molecule has 0 bridgehead atoms. The van der Waals surface area contributed by atoms with Gasteiger partial charge < -0.3 is 5.32 Å². The molecule has 0 amide bonds. The summed E-state index contributed by atoms with van der Waals surface area (Å²) in [5, 5.41) is 3.38. The van der Waals surface area contributed by atoms with Gasteiger partial charge in [-0.2, -0.15) is 0 Å². The summed E-state index contributed by atoms with van der Waals surface area (Å²) in [6, 6.07) is 0. The Morgan fingerprint density at radius 2 is 1.92 bits per heavy atom. The van der Waals surface area contributed by atoms with Crippen LogP contribution in [0.1, 0.15) is 40.5 Å². The second-order valence-electron chi connectivity index (χ2n) is 3.73. The molecule has 0 aromatic rings. The van der Waals surface area contributed by atoms with Crippen molar-refractivity contribution in [1.82, 2.24) is 5.32 Å². The van der Waals surface area contributed by atoms with Gasteiger partial charge >= 0.3 is 0 Å². The molecule has 0 fully saturated rings. The average Bonchev–Trinajstić information content (AvgIpc) is 2.14. The van der Waals surface area contributed by atoms with E-state index in [1.54, 1.807) is 0 Å². The summed E-state index contributed by atoms with van der Waals surface area (Å²) in [5.41, 5.74) is 0. The van der Waals surface area contributed by atoms with Crippen LogP contribution in [0.2, 0.25) is 0 Å². The first kappa shape index (κ1) is 12.5. The van der Waals surface area contributed by atoms with E-state index < -0.39 is 0 Å². The van der Waals surface area contributed by atoms with Crippen molar-refractivity contribution < 1.29 is 0 Å². The number of rotatable bonds is 6. The van der Waals surface area contributed by atoms with Crippen LogP contribution in [-0.4, -0.2) is 13.1 Å². The molecule has 0 saturated carbocycles. The predicted octanol–water partition coefficient (Wildman–Crippen LogP) is 2.67. The second kappa shape index (κ2) is 8.13. The Hall–Kier alpha value is -0.480. The zero-order chi connectivity index (χ0) is 10.1. The summed E-state index contributed by atoms with van der Waals surface area (Å²) >= 11 is 0. The third kappa shape index (κ3) is 6.66. The molecule has 0 aromatic carbocycles. The number of hydrogen-bond acceptors (Lipinski definition) is 1. The molecular formula is C12H23N. The molecule has 2 atom stereocenters. The highest BCUT2D eigenvalue weighted by atomic mass is 14.8. The van der Waals surface area contributed by atoms with Crippen LogP contribution in [0.25, 0.3) is 0 Å². The SMILES string of the molecule is CC#CCCC(C)C(C)CNCC. The first-order valence-electron chi connectivity index (χ1n) is 5.32. The van der Waals surface area contributed by atoms with Crippen molar-refractivity contribution in [3.05, 3.63) is 0 Å². The van der Waals surface area contributed by atoms with Crippen LogP contribution in [-0.2, 0) is 0 Å². The smallest absolute Gasteiger partial charge is 0.00912 e. The lowest BCUT2D eigenvalue weighted by atomic mass is 9.91. The van der Waals surface area contributed by atoms with E-state index in [1.807, 2.05) is 6.92 Å². The largest absolute Gasteiger partial charge is 0.317 e. The van der Waals surface area contributed by atoms with Crippen molar-refractivity contribution in [2.24, 2.45) is 11.8 Å². The molecule has 0 radical (unpaired) electrons. The average molecular weight is 181 g/mol. The summed E-state index contributed by atoms with van der Waals surface area (Å²) in [7, 11) is 0. The van der Waals surface area contributed by atoms with Gasteiger partial charge in [-0.25, -0.2) is 0 Å². The monoisotopic (exact) mass is 181 g/mol. The minimum Gasteiger partial charge on any atom is -0.317 e. The maximum Gasteiger partial charge on any atom is 0.00912 e. The molecule has 1 heteroatoms. The second-order valence-corrected chi connectivity index (χ2v) is 3.73. The Morgan fingerprint density at radius 1 is 1.23 bits per heavy atom. The summed E-state index contributed by atoms with van der Waals surface area (Å²) < 4.78 is 0. The molecular weight excluding hydrogens is 158 g/mol. The molecule has 1 N–H and O–H groups in total. The van der Waals surface area contributed by atoms with Crippen molar-refractivity contribution in [2.75, 3.05) is 13.1 Å². The molecule has 0 aromatic heterocycles. The van der Waals surface area contributed by atoms with Crippen molar-refractivity contribution in [3.8, 4) is 11.8 Å². The van der Waals surface area contributed by atoms with Crippen molar-refractivity contribution in [2.45, 2.75) is 40.5 Å². The molecule has 0 aliphatic rings. The molecule has 0 aliphatic carbocycles. The fourth-order valence-electron chi connectivity index (χ4n) is 1.28. The van der Waals surface area contributed by atoms with Crippen molar-refractivity contribution >= 4 is 0 Å². The zero-order valence-corrected chi connectivity index (χ0v) is 9.48. The Kier molecular flexibility index (Phi) is 7.83. The topological polar surface area (TPSA) is 12.0 Å². The molecule has 0 aliphatic heterocycles. The van der Waals surface area contributed by atoms with Gasteiger partial charge in [0.15, 0.2) is 0 Å². The molecule has 13 heavy (non-hydrogen) atoms. The van der Waals surface area contributed by atoms with E-state index in [0.717, 1.165) is 31.3 Å². The minimum absolute atomic E-state index is 0.763. The van der Waals surface area contributed by atoms with Crippen LogP contribution in [0.15, 0.2) is 0 Å². The van der Waals surface area contributed by atoms with E-state index in [0.29, 0.717) is 0 Å². The highest BCUT2D eigenvalue weighted by molar-refractivity contribution is 4.94. The van der Waals surface area contributed by atoms with Gasteiger partial charge in [-0.1, -0.05) is 20.8 Å². The summed E-state index contributed by atoms with van der Waals surface area (Å²) in [5.74, 6) is 7.60. The fraction of sp³-hybridized carbons (Fsp3) is 0.833. The highest BCUT2D eigenvalue weighted by Crippen LogP contribution is 2.15. The minimum atomic E-state index is 0.763. The maximum absolute atomic E-state index is 3.38. The van der Waals surface area contributed by atoms with Crippen LogP contribution in [0, 0.1) is 23.7 Å². The lowest BCUT2D eigenvalue weighted by Crippen LogP contribution is -2.24. The quantitative estimate of drug-likeness (QED) is 0.621. The molecule has 0 heterocycles. The summed E-state index contributed by atoms with van der Waals surface area (Å²) in [4.78, 5) is 0. The number of nitrogens with one attached hydrogen (secondary N) is 1. The Labute approximate surface area is 83.3 Å². The summed E-state index contributed by atoms with van der Waals surface area (Å²) in [6.07, 6.45) is 2.28. The van der Waals surface area contributed by atoms with Crippen LogP contribution >= 0.6 is 0 Å². The van der Waals surface area contributed by atoms with Gasteiger partial charge in [0.25, 0.3) is 0 Å². The lowest BCUT2D eigenvalue weighted by molar-refractivity contribution is 0.353. The first-order valence-corrected chi connectivity index (χ1v) is 5.32. The van der Waals surface area contributed by atoms with Crippen molar-refractivity contribution in [3.63, 3.8) is 0 Å². The number of hydrogen-bond donors (Lipinski definition) is 1. The molecule has 76 valence electrons. The summed E-state index contributed by atoms with van der Waals surface area (Å²) in [6.45, 7) is 10.9. The fourth-order valence-corrected chi connectivity index (χ4v) is 1.28.